The Balaban J connectivity index is 2.20. The van der Waals surface area contributed by atoms with Gasteiger partial charge in [0.05, 0.1) is 0 Å². The molecule has 5 heteroatoms. The quantitative estimate of drug-likeness (QED) is 0.811. The molecule has 0 radical (unpaired) electrons. The number of carbonyl (C=O) groups is 1. The Morgan fingerprint density at radius 2 is 1.79 bits per heavy atom. The van der Waals surface area contributed by atoms with Crippen molar-refractivity contribution < 1.29 is 4.79 Å². The Morgan fingerprint density at radius 3 is 2.42 bits per heavy atom. The molecule has 2 aromatic rings. The highest BCUT2D eigenvalue weighted by Gasteiger charge is 2.07. The first-order chi connectivity index (χ1) is 9.08. The van der Waals surface area contributed by atoms with Crippen molar-refractivity contribution in [2.75, 3.05) is 11.6 Å². The monoisotopic (exact) mass is 311 g/mol. The highest BCUT2D eigenvalue weighted by molar-refractivity contribution is 7.98. The molecule has 1 N–H and O–H groups in total. The minimum Gasteiger partial charge on any atom is -0.322 e. The third-order valence-corrected chi connectivity index (χ3v) is 3.61. The van der Waals surface area contributed by atoms with Crippen LogP contribution in [0.5, 0.6) is 0 Å². The van der Waals surface area contributed by atoms with Gasteiger partial charge in [-0.3, -0.25) is 4.79 Å². The minimum absolute atomic E-state index is 0.186. The first kappa shape index (κ1) is 14.3. The molecule has 0 aliphatic carbocycles. The Morgan fingerprint density at radius 1 is 1.11 bits per heavy atom. The van der Waals surface area contributed by atoms with Crippen molar-refractivity contribution >= 4 is 46.6 Å². The van der Waals surface area contributed by atoms with E-state index in [9.17, 15) is 4.79 Å². The molecule has 0 aliphatic heterocycles. The number of rotatable bonds is 3. The van der Waals surface area contributed by atoms with Gasteiger partial charge in [0.25, 0.3) is 5.91 Å². The third-order valence-electron chi connectivity index (χ3n) is 2.45. The van der Waals surface area contributed by atoms with Gasteiger partial charge >= 0.3 is 0 Å². The molecule has 0 unspecified atom stereocenters. The molecule has 19 heavy (non-hydrogen) atoms. The lowest BCUT2D eigenvalue weighted by molar-refractivity contribution is 0.102. The zero-order valence-corrected chi connectivity index (χ0v) is 12.4. The summed E-state index contributed by atoms with van der Waals surface area (Å²) < 4.78 is 0. The number of amides is 1. The molecule has 2 rings (SSSR count). The highest BCUT2D eigenvalue weighted by atomic mass is 35.5. The first-order valence-electron chi connectivity index (χ1n) is 5.50. The van der Waals surface area contributed by atoms with Gasteiger partial charge in [0, 0.05) is 26.2 Å². The van der Waals surface area contributed by atoms with Crippen molar-refractivity contribution in [2.45, 2.75) is 4.90 Å². The van der Waals surface area contributed by atoms with Crippen LogP contribution in [0, 0.1) is 0 Å². The van der Waals surface area contributed by atoms with Crippen LogP contribution < -0.4 is 5.32 Å². The van der Waals surface area contributed by atoms with Gasteiger partial charge in [-0.15, -0.1) is 11.8 Å². The van der Waals surface area contributed by atoms with Crippen LogP contribution >= 0.6 is 35.0 Å². The van der Waals surface area contributed by atoms with Crippen LogP contribution in [0.4, 0.5) is 5.69 Å². The predicted molar refractivity (Wildman–Crippen MR) is 82.6 cm³/mol. The molecule has 0 heterocycles. The summed E-state index contributed by atoms with van der Waals surface area (Å²) in [5.74, 6) is -0.186. The zero-order valence-electron chi connectivity index (χ0n) is 10.1. The molecule has 1 amide bonds. The summed E-state index contributed by atoms with van der Waals surface area (Å²) in [7, 11) is 0. The lowest BCUT2D eigenvalue weighted by Crippen LogP contribution is -2.11. The van der Waals surface area contributed by atoms with E-state index in [0.717, 1.165) is 4.90 Å². The normalized spacial score (nSPS) is 10.3. The van der Waals surface area contributed by atoms with Gasteiger partial charge in [-0.1, -0.05) is 29.3 Å². The fourth-order valence-corrected chi connectivity index (χ4v) is 2.58. The van der Waals surface area contributed by atoms with Crippen LogP contribution in [0.25, 0.3) is 0 Å². The van der Waals surface area contributed by atoms with Gasteiger partial charge in [0.1, 0.15) is 0 Å². The molecule has 0 fully saturated rings. The van der Waals surface area contributed by atoms with E-state index in [0.29, 0.717) is 21.3 Å². The molecule has 98 valence electrons. The van der Waals surface area contributed by atoms with E-state index in [-0.39, 0.29) is 5.91 Å². The largest absolute Gasteiger partial charge is 0.322 e. The molecular formula is C14H11Cl2NOS. The van der Waals surface area contributed by atoms with Crippen molar-refractivity contribution in [3.63, 3.8) is 0 Å². The van der Waals surface area contributed by atoms with E-state index in [1.807, 2.05) is 24.5 Å². The van der Waals surface area contributed by atoms with E-state index in [4.69, 9.17) is 23.2 Å². The number of carbonyl (C=O) groups excluding carboxylic acids is 1. The Hall–Kier alpha value is -1.16. The summed E-state index contributed by atoms with van der Waals surface area (Å²) in [6.45, 7) is 0. The molecule has 2 nitrogen and oxygen atoms in total. The van der Waals surface area contributed by atoms with E-state index in [2.05, 4.69) is 5.32 Å². The maximum absolute atomic E-state index is 12.1. The van der Waals surface area contributed by atoms with E-state index in [1.54, 1.807) is 36.0 Å². The zero-order chi connectivity index (χ0) is 13.8. The standard InChI is InChI=1S/C14H11Cl2NOS/c1-19-13-4-2-3-9(5-13)14(18)17-12-7-10(15)6-11(16)8-12/h2-8H,1H3,(H,17,18). The van der Waals surface area contributed by atoms with Gasteiger partial charge < -0.3 is 5.32 Å². The van der Waals surface area contributed by atoms with Gasteiger partial charge in [0.2, 0.25) is 0 Å². The number of nitrogens with one attached hydrogen (secondary N) is 1. The SMILES string of the molecule is CSc1cccc(C(=O)Nc2cc(Cl)cc(Cl)c2)c1. The number of benzene rings is 2. The topological polar surface area (TPSA) is 29.1 Å². The Labute approximate surface area is 126 Å². The Kier molecular flexibility index (Phi) is 4.75. The van der Waals surface area contributed by atoms with E-state index in [1.165, 1.54) is 0 Å². The number of halogens is 2. The minimum atomic E-state index is -0.186. The molecule has 0 atom stereocenters. The summed E-state index contributed by atoms with van der Waals surface area (Å²) in [5.41, 5.74) is 1.18. The molecule has 0 saturated heterocycles. The second-order valence-corrected chi connectivity index (χ2v) is 5.60. The third kappa shape index (κ3) is 3.90. The fourth-order valence-electron chi connectivity index (χ4n) is 1.59. The van der Waals surface area contributed by atoms with Gasteiger partial charge in [-0.2, -0.15) is 0 Å². The highest BCUT2D eigenvalue weighted by Crippen LogP contribution is 2.23. The predicted octanol–water partition coefficient (Wildman–Crippen LogP) is 4.97. The van der Waals surface area contributed by atoms with Crippen molar-refractivity contribution in [1.29, 1.82) is 0 Å². The number of hydrogen-bond acceptors (Lipinski definition) is 2. The summed E-state index contributed by atoms with van der Waals surface area (Å²) in [6, 6.07) is 12.3. The average Bonchev–Trinajstić information content (AvgIpc) is 2.37. The average molecular weight is 312 g/mol. The van der Waals surface area contributed by atoms with Crippen LogP contribution in [0.2, 0.25) is 10.0 Å². The molecule has 0 aliphatic rings. The number of thioether (sulfide) groups is 1. The van der Waals surface area contributed by atoms with E-state index < -0.39 is 0 Å². The van der Waals surface area contributed by atoms with Crippen LogP contribution in [0.3, 0.4) is 0 Å². The van der Waals surface area contributed by atoms with Crippen LogP contribution in [-0.4, -0.2) is 12.2 Å². The van der Waals surface area contributed by atoms with Gasteiger partial charge in [0.15, 0.2) is 0 Å². The van der Waals surface area contributed by atoms with Crippen molar-refractivity contribution in [1.82, 2.24) is 0 Å². The Bertz CT molecular complexity index is 596. The summed E-state index contributed by atoms with van der Waals surface area (Å²) in [5, 5.41) is 3.75. The maximum atomic E-state index is 12.1. The number of anilines is 1. The lowest BCUT2D eigenvalue weighted by atomic mass is 10.2. The van der Waals surface area contributed by atoms with Crippen LogP contribution in [0.1, 0.15) is 10.4 Å². The first-order valence-corrected chi connectivity index (χ1v) is 7.48. The van der Waals surface area contributed by atoms with E-state index >= 15 is 0 Å². The summed E-state index contributed by atoms with van der Waals surface area (Å²) in [4.78, 5) is 13.1. The van der Waals surface area contributed by atoms with Crippen molar-refractivity contribution in [3.8, 4) is 0 Å². The maximum Gasteiger partial charge on any atom is 0.255 e. The molecule has 0 bridgehead atoms. The molecular weight excluding hydrogens is 301 g/mol. The second kappa shape index (κ2) is 6.33. The molecule has 0 saturated carbocycles. The molecule has 0 aromatic heterocycles. The van der Waals surface area contributed by atoms with Crippen LogP contribution in [0.15, 0.2) is 47.4 Å². The van der Waals surface area contributed by atoms with Crippen LogP contribution in [-0.2, 0) is 0 Å². The van der Waals surface area contributed by atoms with Crippen molar-refractivity contribution in [2.24, 2.45) is 0 Å². The molecule has 0 spiro atoms. The smallest absolute Gasteiger partial charge is 0.255 e. The second-order valence-electron chi connectivity index (χ2n) is 3.84. The lowest BCUT2D eigenvalue weighted by Gasteiger charge is -2.07. The van der Waals surface area contributed by atoms with Crippen molar-refractivity contribution in [3.05, 3.63) is 58.1 Å². The van der Waals surface area contributed by atoms with Gasteiger partial charge in [-0.05, 0) is 42.7 Å². The van der Waals surface area contributed by atoms with Gasteiger partial charge in [-0.25, -0.2) is 0 Å². The number of hydrogen-bond donors (Lipinski definition) is 1. The molecule has 2 aromatic carbocycles. The summed E-state index contributed by atoms with van der Waals surface area (Å²) >= 11 is 13.4. The fraction of sp³-hybridized carbons (Fsp3) is 0.0714. The summed E-state index contributed by atoms with van der Waals surface area (Å²) in [6.07, 6.45) is 1.97.